The van der Waals surface area contributed by atoms with E-state index in [9.17, 15) is 9.59 Å². The minimum atomic E-state index is 0. The second-order valence-corrected chi connectivity index (χ2v) is 9.11. The van der Waals surface area contributed by atoms with Crippen molar-refractivity contribution in [2.75, 3.05) is 26.0 Å². The first-order chi connectivity index (χ1) is 16.8. The molecule has 0 unspecified atom stereocenters. The molecule has 37 heavy (non-hydrogen) atoms. The molecule has 0 bridgehead atoms. The fraction of sp³-hybridized carbons (Fsp3) is 0.484. The molecule has 5 nitrogen and oxygen atoms in total. The Balaban J connectivity index is 0. The van der Waals surface area contributed by atoms with E-state index in [0.717, 1.165) is 72.2 Å². The van der Waals surface area contributed by atoms with Crippen LogP contribution in [0.3, 0.4) is 0 Å². The van der Waals surface area contributed by atoms with Crippen molar-refractivity contribution in [3.8, 4) is 5.75 Å². The molecule has 1 aliphatic rings. The van der Waals surface area contributed by atoms with E-state index >= 15 is 0 Å². The van der Waals surface area contributed by atoms with Crippen LogP contribution in [0, 0.1) is 34.1 Å². The van der Waals surface area contributed by atoms with Gasteiger partial charge in [-0.15, -0.1) is 12.1 Å². The third kappa shape index (κ3) is 14.0. The zero-order valence-electron chi connectivity index (χ0n) is 24.6. The van der Waals surface area contributed by atoms with E-state index in [4.69, 9.17) is 4.74 Å². The molecule has 2 N–H and O–H groups in total. The summed E-state index contributed by atoms with van der Waals surface area (Å²) in [6, 6.07) is 9.81. The fourth-order valence-corrected chi connectivity index (χ4v) is 4.04. The predicted molar refractivity (Wildman–Crippen MR) is 154 cm³/mol. The van der Waals surface area contributed by atoms with Crippen LogP contribution in [0.2, 0.25) is 0 Å². The number of anilines is 1. The minimum Gasteiger partial charge on any atom is -0.496 e. The summed E-state index contributed by atoms with van der Waals surface area (Å²) in [6.45, 7) is 13.3. The molecular weight excluding hydrogens is 487 g/mol. The molecule has 1 fully saturated rings. The normalized spacial score (nSPS) is 11.9. The molecule has 0 radical (unpaired) electrons. The molecule has 0 atom stereocenters. The largest absolute Gasteiger partial charge is 1.00 e. The Bertz CT molecular complexity index is 923. The van der Waals surface area contributed by atoms with E-state index < -0.39 is 0 Å². The second-order valence-electron chi connectivity index (χ2n) is 9.11. The van der Waals surface area contributed by atoms with E-state index in [1.54, 1.807) is 7.11 Å². The van der Waals surface area contributed by atoms with Gasteiger partial charge in [-0.3, -0.25) is 4.79 Å². The molecular formula is C31H48KN2O3-. The van der Waals surface area contributed by atoms with Crippen molar-refractivity contribution in [1.82, 2.24) is 5.32 Å². The molecule has 1 saturated carbocycles. The first kappa shape index (κ1) is 38.0. The fourth-order valence-electron chi connectivity index (χ4n) is 4.04. The predicted octanol–water partition coefficient (Wildman–Crippen LogP) is 4.14. The number of hydrogen-bond donors (Lipinski definition) is 2. The van der Waals surface area contributed by atoms with Crippen molar-refractivity contribution < 1.29 is 65.7 Å². The van der Waals surface area contributed by atoms with Crippen LogP contribution in [0.15, 0.2) is 30.3 Å². The molecule has 0 heterocycles. The SMILES string of the molecule is CCCNC.COc1cc(NC(=O)C2CCCC2)ccc1C.[CH2-]c1c(C)cc(CCC)cc1C=O.[CH3-].[K+]. The summed E-state index contributed by atoms with van der Waals surface area (Å²) in [5, 5.41) is 5.98. The van der Waals surface area contributed by atoms with Crippen LogP contribution in [0.4, 0.5) is 5.69 Å². The van der Waals surface area contributed by atoms with Gasteiger partial charge in [-0.2, -0.15) is 18.1 Å². The van der Waals surface area contributed by atoms with Gasteiger partial charge in [-0.25, -0.2) is 0 Å². The minimum absolute atomic E-state index is 0. The summed E-state index contributed by atoms with van der Waals surface area (Å²) in [6.07, 6.45) is 8.65. The molecule has 202 valence electrons. The summed E-state index contributed by atoms with van der Waals surface area (Å²) < 4.78 is 5.24. The van der Waals surface area contributed by atoms with Crippen LogP contribution in [0.25, 0.3) is 0 Å². The molecule has 6 heteroatoms. The Morgan fingerprint density at radius 2 is 1.73 bits per heavy atom. The van der Waals surface area contributed by atoms with Crippen LogP contribution >= 0.6 is 0 Å². The van der Waals surface area contributed by atoms with Gasteiger partial charge in [-0.05, 0) is 57.8 Å². The maximum absolute atomic E-state index is 11.9. The number of carbonyl (C=O) groups is 2. The molecule has 0 aromatic heterocycles. The van der Waals surface area contributed by atoms with Crippen molar-refractivity contribution in [2.24, 2.45) is 5.92 Å². The maximum Gasteiger partial charge on any atom is 1.00 e. The summed E-state index contributed by atoms with van der Waals surface area (Å²) in [5.41, 5.74) is 5.82. The van der Waals surface area contributed by atoms with Crippen molar-refractivity contribution in [2.45, 2.75) is 72.6 Å². The topological polar surface area (TPSA) is 67.4 Å². The molecule has 3 rings (SSSR count). The van der Waals surface area contributed by atoms with Crippen LogP contribution in [-0.2, 0) is 11.2 Å². The number of benzene rings is 2. The number of ether oxygens (including phenoxy) is 1. The Hall–Kier alpha value is -1.15. The molecule has 1 amide bonds. The number of rotatable bonds is 8. The van der Waals surface area contributed by atoms with E-state index in [0.29, 0.717) is 0 Å². The Labute approximate surface area is 269 Å². The average Bonchev–Trinajstić information content (AvgIpc) is 3.39. The molecule has 1 aliphatic carbocycles. The van der Waals surface area contributed by atoms with Crippen LogP contribution in [0.5, 0.6) is 5.75 Å². The number of aldehydes is 1. The Kier molecular flexibility index (Phi) is 22.3. The number of nitrogens with one attached hydrogen (secondary N) is 2. The monoisotopic (exact) mass is 535 g/mol. The maximum atomic E-state index is 11.9. The van der Waals surface area contributed by atoms with E-state index in [1.165, 1.54) is 24.8 Å². The van der Waals surface area contributed by atoms with Crippen LogP contribution < -0.4 is 66.8 Å². The zero-order chi connectivity index (χ0) is 26.2. The van der Waals surface area contributed by atoms with Crippen molar-refractivity contribution in [3.05, 3.63) is 72.5 Å². The number of aryl methyl sites for hydroxylation is 3. The summed E-state index contributed by atoms with van der Waals surface area (Å²) >= 11 is 0. The van der Waals surface area contributed by atoms with Gasteiger partial charge in [0.25, 0.3) is 0 Å². The standard InChI is InChI=1S/C14H19NO2.C12H15O.C4H11N.CH3.K/c1-10-7-8-12(9-13(10)17-2)15-14(16)11-5-3-4-6-11;1-4-5-11-6-9(2)10(3)12(7-11)8-13;1-3-4-5-2;;/h7-9,11H,3-6H2,1-2H3,(H,15,16);6-8H,3-5H2,1-2H3;5H,3-4H2,1-2H3;1H3;/q;-1;;-1;+1. The first-order valence-corrected chi connectivity index (χ1v) is 12.8. The van der Waals surface area contributed by atoms with Crippen molar-refractivity contribution in [3.63, 3.8) is 0 Å². The summed E-state index contributed by atoms with van der Waals surface area (Å²) in [4.78, 5) is 22.6. The summed E-state index contributed by atoms with van der Waals surface area (Å²) in [7, 11) is 3.61. The van der Waals surface area contributed by atoms with Crippen LogP contribution in [-0.4, -0.2) is 32.9 Å². The first-order valence-electron chi connectivity index (χ1n) is 12.8. The second kappa shape index (κ2) is 21.7. The van der Waals surface area contributed by atoms with Gasteiger partial charge in [0.15, 0.2) is 0 Å². The number of hydrogen-bond acceptors (Lipinski definition) is 4. The van der Waals surface area contributed by atoms with E-state index in [2.05, 4.69) is 37.5 Å². The van der Waals surface area contributed by atoms with Crippen molar-refractivity contribution in [1.29, 1.82) is 0 Å². The quantitative estimate of drug-likeness (QED) is 0.303. The third-order valence-electron chi connectivity index (χ3n) is 6.13. The third-order valence-corrected chi connectivity index (χ3v) is 6.13. The smallest absolute Gasteiger partial charge is 0.496 e. The number of carbonyl (C=O) groups excluding carboxylic acids is 2. The van der Waals surface area contributed by atoms with Gasteiger partial charge in [0, 0.05) is 17.7 Å². The van der Waals surface area contributed by atoms with Crippen LogP contribution in [0.1, 0.15) is 85.0 Å². The molecule has 0 spiro atoms. The summed E-state index contributed by atoms with van der Waals surface area (Å²) in [5.74, 6) is 1.16. The van der Waals surface area contributed by atoms with Gasteiger partial charge < -0.3 is 27.6 Å². The van der Waals surface area contributed by atoms with E-state index in [-0.39, 0.29) is 70.6 Å². The zero-order valence-corrected chi connectivity index (χ0v) is 27.8. The van der Waals surface area contributed by atoms with E-state index in [1.807, 2.05) is 45.2 Å². The van der Waals surface area contributed by atoms with Gasteiger partial charge in [0.2, 0.25) is 5.91 Å². The van der Waals surface area contributed by atoms with Gasteiger partial charge in [-0.1, -0.05) is 57.2 Å². The molecule has 2 aromatic rings. The van der Waals surface area contributed by atoms with Gasteiger partial charge in [0.05, 0.1) is 13.4 Å². The Morgan fingerprint density at radius 3 is 2.22 bits per heavy atom. The molecule has 0 saturated heterocycles. The molecule has 0 aliphatic heterocycles. The van der Waals surface area contributed by atoms with Gasteiger partial charge in [0.1, 0.15) is 5.75 Å². The number of methoxy groups -OCH3 is 1. The Morgan fingerprint density at radius 1 is 1.08 bits per heavy atom. The molecule has 2 aromatic carbocycles. The average molecular weight is 536 g/mol. The number of amides is 1. The van der Waals surface area contributed by atoms with Crippen molar-refractivity contribution >= 4 is 17.9 Å². The van der Waals surface area contributed by atoms with Gasteiger partial charge >= 0.3 is 51.4 Å².